The largest absolute Gasteiger partial charge is 0.489 e. The molecule has 3 fully saturated rings. The van der Waals surface area contributed by atoms with Crippen molar-refractivity contribution in [3.63, 3.8) is 0 Å². The molecule has 0 aliphatic carbocycles. The summed E-state index contributed by atoms with van der Waals surface area (Å²) in [6, 6.07) is 11.4. The fourth-order valence-corrected chi connectivity index (χ4v) is 7.88. The number of nitrogens with one attached hydrogen (secondary N) is 3. The molecule has 4 aromatic heterocycles. The highest BCUT2D eigenvalue weighted by atomic mass is 16.5. The average molecular weight is 747 g/mol. The van der Waals surface area contributed by atoms with Crippen molar-refractivity contribution < 1.29 is 23.9 Å². The Labute approximate surface area is 318 Å². The number of rotatable bonds is 10. The fraction of sp³-hybridized carbons (Fsp3) is 0.425. The molecule has 5 aromatic rings. The average Bonchev–Trinajstić information content (AvgIpc) is 3.81. The van der Waals surface area contributed by atoms with E-state index in [4.69, 9.17) is 9.72 Å². The van der Waals surface area contributed by atoms with E-state index in [2.05, 4.69) is 43.1 Å². The van der Waals surface area contributed by atoms with Crippen LogP contribution < -0.4 is 20.7 Å². The molecule has 4 amide bonds. The van der Waals surface area contributed by atoms with E-state index in [1.807, 2.05) is 53.7 Å². The van der Waals surface area contributed by atoms with Crippen LogP contribution in [0.25, 0.3) is 11.3 Å². The summed E-state index contributed by atoms with van der Waals surface area (Å²) in [6.45, 7) is 7.40. The number of pyridine rings is 1. The SMILES string of the molecule is CC(C)Oc1cc2nc(C3CCN(CC(=O)N4CCC(c5ccc(NC6CCC(=O)NC6=O)cc5)CC4)CC3)cn2cc1NC(=O)c1cnn2cccnc12. The van der Waals surface area contributed by atoms with Crippen LogP contribution in [0.2, 0.25) is 0 Å². The van der Waals surface area contributed by atoms with Gasteiger partial charge >= 0.3 is 0 Å². The molecule has 15 heteroatoms. The smallest absolute Gasteiger partial charge is 0.261 e. The first kappa shape index (κ1) is 36.2. The number of anilines is 2. The van der Waals surface area contributed by atoms with E-state index in [0.717, 1.165) is 68.9 Å². The number of benzene rings is 1. The van der Waals surface area contributed by atoms with E-state index in [1.54, 1.807) is 23.0 Å². The van der Waals surface area contributed by atoms with Crippen molar-refractivity contribution >= 4 is 46.3 Å². The number of hydrogen-bond donors (Lipinski definition) is 3. The van der Waals surface area contributed by atoms with Crippen molar-refractivity contribution in [1.82, 2.24) is 39.1 Å². The lowest BCUT2D eigenvalue weighted by Crippen LogP contribution is -2.47. The Bertz CT molecular complexity index is 2210. The summed E-state index contributed by atoms with van der Waals surface area (Å²) in [5.41, 5.74) is 5.18. The number of imide groups is 1. The maximum absolute atomic E-state index is 13.4. The first-order chi connectivity index (χ1) is 26.7. The highest BCUT2D eigenvalue weighted by Gasteiger charge is 2.29. The summed E-state index contributed by atoms with van der Waals surface area (Å²) >= 11 is 0. The molecule has 3 aliphatic heterocycles. The maximum atomic E-state index is 13.4. The Kier molecular flexibility index (Phi) is 10.2. The number of carbonyl (C=O) groups excluding carboxylic acids is 4. The zero-order valence-corrected chi connectivity index (χ0v) is 31.1. The van der Waals surface area contributed by atoms with Gasteiger partial charge in [-0.3, -0.25) is 29.4 Å². The molecule has 15 nitrogen and oxygen atoms in total. The Morgan fingerprint density at radius 2 is 1.75 bits per heavy atom. The number of fused-ring (bicyclic) bond motifs is 2. The monoisotopic (exact) mass is 746 g/mol. The molecule has 0 radical (unpaired) electrons. The van der Waals surface area contributed by atoms with Crippen molar-refractivity contribution in [3.05, 3.63) is 84.2 Å². The van der Waals surface area contributed by atoms with E-state index in [-0.39, 0.29) is 35.7 Å². The lowest BCUT2D eigenvalue weighted by molar-refractivity contribution is -0.134. The third-order valence-electron chi connectivity index (χ3n) is 10.9. The molecule has 0 bridgehead atoms. The van der Waals surface area contributed by atoms with Gasteiger partial charge in [0.1, 0.15) is 28.7 Å². The molecule has 286 valence electrons. The van der Waals surface area contributed by atoms with Gasteiger partial charge in [-0.25, -0.2) is 14.5 Å². The Morgan fingerprint density at radius 1 is 0.982 bits per heavy atom. The second-order valence-electron chi connectivity index (χ2n) is 15.0. The maximum Gasteiger partial charge on any atom is 0.261 e. The van der Waals surface area contributed by atoms with Crippen LogP contribution in [0.3, 0.4) is 0 Å². The van der Waals surface area contributed by atoms with Crippen LogP contribution in [0, 0.1) is 0 Å². The predicted molar refractivity (Wildman–Crippen MR) is 205 cm³/mol. The summed E-state index contributed by atoms with van der Waals surface area (Å²) in [5.74, 6) is 0.516. The minimum absolute atomic E-state index is 0.111. The lowest BCUT2D eigenvalue weighted by Gasteiger charge is -2.35. The Balaban J connectivity index is 0.832. The van der Waals surface area contributed by atoms with E-state index >= 15 is 0 Å². The number of likely N-dealkylation sites (tertiary alicyclic amines) is 2. The van der Waals surface area contributed by atoms with Crippen LogP contribution >= 0.6 is 0 Å². The quantitative estimate of drug-likeness (QED) is 0.176. The molecule has 7 heterocycles. The van der Waals surface area contributed by atoms with Gasteiger partial charge in [0.15, 0.2) is 5.65 Å². The normalized spacial score (nSPS) is 18.9. The second-order valence-corrected chi connectivity index (χ2v) is 15.0. The molecule has 1 unspecified atom stereocenters. The van der Waals surface area contributed by atoms with E-state index in [1.165, 1.54) is 11.8 Å². The number of imidazole rings is 1. The highest BCUT2D eigenvalue weighted by molar-refractivity contribution is 6.08. The van der Waals surface area contributed by atoms with Crippen LogP contribution in [0.1, 0.15) is 85.8 Å². The van der Waals surface area contributed by atoms with Crippen LogP contribution in [0.15, 0.2) is 67.4 Å². The van der Waals surface area contributed by atoms with Gasteiger partial charge < -0.3 is 24.7 Å². The zero-order valence-electron chi connectivity index (χ0n) is 31.1. The summed E-state index contributed by atoms with van der Waals surface area (Å²) in [6.07, 6.45) is 13.1. The molecule has 55 heavy (non-hydrogen) atoms. The number of nitrogens with zero attached hydrogens (tertiary/aromatic N) is 7. The number of amides is 4. The lowest BCUT2D eigenvalue weighted by atomic mass is 9.89. The molecular formula is C40H46N10O5. The standard InChI is InChI=1S/C40H46N10O5/c1-25(2)55-34-20-35-44-32(22-49(35)23-33(34)45-39(53)30-21-42-50-15-3-14-41-38(30)50)28-10-16-47(17-11-28)24-37(52)48-18-12-27(13-19-48)26-4-6-29(7-5-26)43-31-8-9-36(51)46-40(31)54/h3-7,14-15,20-23,25,27-28,31,43H,8-13,16-19,24H2,1-2H3,(H,45,53)(H,46,51,54). The number of hydrogen-bond acceptors (Lipinski definition) is 10. The second kappa shape index (κ2) is 15.5. The first-order valence-electron chi connectivity index (χ1n) is 19.2. The van der Waals surface area contributed by atoms with Crippen molar-refractivity contribution in [2.75, 3.05) is 43.4 Å². The van der Waals surface area contributed by atoms with E-state index in [9.17, 15) is 19.2 Å². The third-order valence-corrected chi connectivity index (χ3v) is 10.9. The number of carbonyl (C=O) groups is 4. The molecule has 1 atom stereocenters. The van der Waals surface area contributed by atoms with Gasteiger partial charge in [0, 0.05) is 62.0 Å². The summed E-state index contributed by atoms with van der Waals surface area (Å²) in [5, 5.41) is 12.9. The molecule has 8 rings (SSSR count). The molecule has 0 saturated carbocycles. The van der Waals surface area contributed by atoms with Gasteiger partial charge in [0.25, 0.3) is 5.91 Å². The molecule has 3 saturated heterocycles. The molecule has 0 spiro atoms. The van der Waals surface area contributed by atoms with Gasteiger partial charge in [-0.05, 0) is 88.7 Å². The number of aromatic nitrogens is 5. The van der Waals surface area contributed by atoms with Crippen molar-refractivity contribution in [3.8, 4) is 5.75 Å². The number of piperidine rings is 3. The third kappa shape index (κ3) is 8.02. The summed E-state index contributed by atoms with van der Waals surface area (Å²) in [4.78, 5) is 63.8. The molecule has 3 N–H and O–H groups in total. The minimum Gasteiger partial charge on any atom is -0.489 e. The molecule has 3 aliphatic rings. The van der Waals surface area contributed by atoms with Crippen molar-refractivity contribution in [1.29, 1.82) is 0 Å². The van der Waals surface area contributed by atoms with Crippen LogP contribution in [0.4, 0.5) is 11.4 Å². The summed E-state index contributed by atoms with van der Waals surface area (Å²) < 4.78 is 9.60. The van der Waals surface area contributed by atoms with Crippen LogP contribution in [0.5, 0.6) is 5.75 Å². The van der Waals surface area contributed by atoms with Gasteiger partial charge in [-0.2, -0.15) is 5.10 Å². The predicted octanol–water partition coefficient (Wildman–Crippen LogP) is 4.22. The van der Waals surface area contributed by atoms with Gasteiger partial charge in [-0.15, -0.1) is 0 Å². The van der Waals surface area contributed by atoms with Gasteiger partial charge in [-0.1, -0.05) is 12.1 Å². The van der Waals surface area contributed by atoms with Crippen molar-refractivity contribution in [2.24, 2.45) is 0 Å². The Morgan fingerprint density at radius 3 is 2.49 bits per heavy atom. The Hall–Kier alpha value is -5.83. The van der Waals surface area contributed by atoms with Crippen LogP contribution in [-0.2, 0) is 14.4 Å². The first-order valence-corrected chi connectivity index (χ1v) is 19.2. The number of ether oxygens (including phenoxy) is 1. The van der Waals surface area contributed by atoms with Crippen molar-refractivity contribution in [2.45, 2.75) is 76.4 Å². The fourth-order valence-electron chi connectivity index (χ4n) is 7.88. The van der Waals surface area contributed by atoms with E-state index < -0.39 is 6.04 Å². The zero-order chi connectivity index (χ0) is 38.1. The van der Waals surface area contributed by atoms with Gasteiger partial charge in [0.2, 0.25) is 17.7 Å². The molecular weight excluding hydrogens is 701 g/mol. The summed E-state index contributed by atoms with van der Waals surface area (Å²) in [7, 11) is 0. The topological polar surface area (TPSA) is 168 Å². The van der Waals surface area contributed by atoms with Crippen LogP contribution in [-0.4, -0.2) is 102 Å². The van der Waals surface area contributed by atoms with Gasteiger partial charge in [0.05, 0.1) is 24.5 Å². The van der Waals surface area contributed by atoms with E-state index in [0.29, 0.717) is 48.0 Å². The minimum atomic E-state index is -0.404. The molecule has 1 aromatic carbocycles. The highest BCUT2D eigenvalue weighted by Crippen LogP contribution is 2.33.